The molecule has 0 heterocycles. The number of likely N-dealkylation sites (N-methyl/N-ethyl adjacent to an activating group) is 1. The topological polar surface area (TPSA) is 27.0 Å². The molecule has 0 aliphatic heterocycles. The molecule has 2 aromatic carbocycles. The van der Waals surface area contributed by atoms with E-state index in [0.29, 0.717) is 11.3 Å². The maximum atomic E-state index is 7.32. The largest absolute Gasteiger partial charge is 0.303 e. The summed E-state index contributed by atoms with van der Waals surface area (Å²) in [5.41, 5.74) is 4.39. The van der Waals surface area contributed by atoms with E-state index in [1.807, 2.05) is 0 Å². The molecule has 0 radical (unpaired) electrons. The van der Waals surface area contributed by atoms with Crippen molar-refractivity contribution in [2.75, 3.05) is 19.6 Å². The standard InChI is InChI=1S/C24H32ClN.C2H3N/c1-2-26(18-16-20-7-4-3-5-8-20)17-6-9-21-10-12-22(13-11-21)23-14-15-24(25)19-23;1-2-3/h3-5,7-8,10-13,23-24H,2,6,9,14-19H2,1H3;1H3. The maximum Gasteiger partial charge on any atom is 0.0587 e. The Hall–Kier alpha value is -1.82. The number of rotatable bonds is 9. The third kappa shape index (κ3) is 8.60. The Morgan fingerprint density at radius 1 is 0.966 bits per heavy atom. The highest BCUT2D eigenvalue weighted by molar-refractivity contribution is 6.20. The predicted octanol–water partition coefficient (Wildman–Crippen LogP) is 6.59. The number of hydrogen-bond donors (Lipinski definition) is 0. The summed E-state index contributed by atoms with van der Waals surface area (Å²) < 4.78 is 0. The van der Waals surface area contributed by atoms with Gasteiger partial charge in [-0.05, 0) is 74.2 Å². The smallest absolute Gasteiger partial charge is 0.0587 e. The van der Waals surface area contributed by atoms with Crippen LogP contribution in [0.15, 0.2) is 54.6 Å². The molecule has 2 aromatic rings. The lowest BCUT2D eigenvalue weighted by molar-refractivity contribution is 0.288. The second-order valence-electron chi connectivity index (χ2n) is 7.85. The molecular formula is C26H35ClN2. The molecule has 2 nitrogen and oxygen atoms in total. The molecule has 0 bridgehead atoms. The van der Waals surface area contributed by atoms with E-state index < -0.39 is 0 Å². The van der Waals surface area contributed by atoms with Crippen LogP contribution in [0.1, 0.15) is 62.1 Å². The summed E-state index contributed by atoms with van der Waals surface area (Å²) in [5, 5.41) is 7.70. The van der Waals surface area contributed by atoms with Crippen molar-refractivity contribution in [2.45, 2.75) is 63.7 Å². The molecule has 1 aliphatic carbocycles. The van der Waals surface area contributed by atoms with Crippen molar-refractivity contribution in [1.82, 2.24) is 4.90 Å². The van der Waals surface area contributed by atoms with Crippen LogP contribution < -0.4 is 0 Å². The zero-order valence-electron chi connectivity index (χ0n) is 18.0. The van der Waals surface area contributed by atoms with E-state index in [1.54, 1.807) is 6.07 Å². The van der Waals surface area contributed by atoms with Crippen molar-refractivity contribution >= 4 is 11.6 Å². The Bertz CT molecular complexity index is 721. The minimum Gasteiger partial charge on any atom is -0.303 e. The lowest BCUT2D eigenvalue weighted by atomic mass is 9.96. The molecular weight excluding hydrogens is 376 g/mol. The number of benzene rings is 2. The van der Waals surface area contributed by atoms with E-state index in [4.69, 9.17) is 16.9 Å². The van der Waals surface area contributed by atoms with Crippen LogP contribution in [0.2, 0.25) is 0 Å². The number of halogens is 1. The lowest BCUT2D eigenvalue weighted by Gasteiger charge is -2.20. The van der Waals surface area contributed by atoms with E-state index >= 15 is 0 Å². The summed E-state index contributed by atoms with van der Waals surface area (Å²) in [6.07, 6.45) is 7.12. The number of alkyl halides is 1. The van der Waals surface area contributed by atoms with Gasteiger partial charge in [-0.2, -0.15) is 5.26 Å². The first-order valence-corrected chi connectivity index (χ1v) is 11.4. The second-order valence-corrected chi connectivity index (χ2v) is 8.46. The fraction of sp³-hybridized carbons (Fsp3) is 0.500. The third-order valence-corrected chi connectivity index (χ3v) is 6.16. The van der Waals surface area contributed by atoms with Crippen LogP contribution >= 0.6 is 11.6 Å². The van der Waals surface area contributed by atoms with E-state index in [2.05, 4.69) is 66.4 Å². The lowest BCUT2D eigenvalue weighted by Crippen LogP contribution is -2.27. The van der Waals surface area contributed by atoms with Gasteiger partial charge < -0.3 is 4.90 Å². The number of nitrogens with zero attached hydrogens (tertiary/aromatic N) is 2. The molecule has 1 fully saturated rings. The summed E-state index contributed by atoms with van der Waals surface area (Å²) in [6, 6.07) is 21.9. The molecule has 2 atom stereocenters. The molecule has 0 amide bonds. The summed E-state index contributed by atoms with van der Waals surface area (Å²) in [6.45, 7) is 7.17. The molecule has 29 heavy (non-hydrogen) atoms. The Balaban J connectivity index is 0.000000941. The summed E-state index contributed by atoms with van der Waals surface area (Å²) in [4.78, 5) is 2.57. The van der Waals surface area contributed by atoms with Crippen molar-refractivity contribution in [3.63, 3.8) is 0 Å². The Kier molecular flexibility index (Phi) is 10.8. The Labute approximate surface area is 182 Å². The summed E-state index contributed by atoms with van der Waals surface area (Å²) in [7, 11) is 0. The number of hydrogen-bond acceptors (Lipinski definition) is 2. The van der Waals surface area contributed by atoms with Gasteiger partial charge in [-0.3, -0.25) is 0 Å². The molecule has 1 saturated carbocycles. The molecule has 156 valence electrons. The van der Waals surface area contributed by atoms with Gasteiger partial charge >= 0.3 is 0 Å². The predicted molar refractivity (Wildman–Crippen MR) is 125 cm³/mol. The monoisotopic (exact) mass is 410 g/mol. The van der Waals surface area contributed by atoms with Crippen LogP contribution in [0.5, 0.6) is 0 Å². The highest BCUT2D eigenvalue weighted by Gasteiger charge is 2.23. The first-order valence-electron chi connectivity index (χ1n) is 11.0. The van der Waals surface area contributed by atoms with Gasteiger partial charge in [-0.15, -0.1) is 11.6 Å². The van der Waals surface area contributed by atoms with Gasteiger partial charge in [0.05, 0.1) is 6.07 Å². The zero-order chi connectivity index (χ0) is 20.9. The minimum absolute atomic E-state index is 0.385. The van der Waals surface area contributed by atoms with Crippen LogP contribution in [0.25, 0.3) is 0 Å². The van der Waals surface area contributed by atoms with E-state index in [9.17, 15) is 0 Å². The molecule has 1 aliphatic rings. The van der Waals surface area contributed by atoms with E-state index in [-0.39, 0.29) is 0 Å². The van der Waals surface area contributed by atoms with Crippen LogP contribution in [0.4, 0.5) is 0 Å². The van der Waals surface area contributed by atoms with Gasteiger partial charge in [0.15, 0.2) is 0 Å². The normalized spacial score (nSPS) is 18.2. The molecule has 0 aromatic heterocycles. The highest BCUT2D eigenvalue weighted by Crippen LogP contribution is 2.37. The van der Waals surface area contributed by atoms with Gasteiger partial charge in [0.2, 0.25) is 0 Å². The number of nitriles is 1. The quantitative estimate of drug-likeness (QED) is 0.436. The average Bonchev–Trinajstić information content (AvgIpc) is 3.18. The van der Waals surface area contributed by atoms with Gasteiger partial charge in [0.1, 0.15) is 0 Å². The highest BCUT2D eigenvalue weighted by atomic mass is 35.5. The van der Waals surface area contributed by atoms with Crippen LogP contribution in [0.3, 0.4) is 0 Å². The first kappa shape index (κ1) is 23.5. The van der Waals surface area contributed by atoms with E-state index in [0.717, 1.165) is 25.9 Å². The summed E-state index contributed by atoms with van der Waals surface area (Å²) >= 11 is 6.26. The summed E-state index contributed by atoms with van der Waals surface area (Å²) in [5.74, 6) is 0.681. The molecule has 0 saturated heterocycles. The Morgan fingerprint density at radius 3 is 2.21 bits per heavy atom. The van der Waals surface area contributed by atoms with Crippen LogP contribution in [-0.2, 0) is 12.8 Å². The maximum absolute atomic E-state index is 7.32. The average molecular weight is 411 g/mol. The SMILES string of the molecule is CC#N.CCN(CCCc1ccc(C2CCC(Cl)C2)cc1)CCc1ccccc1. The van der Waals surface area contributed by atoms with Gasteiger partial charge in [-0.25, -0.2) is 0 Å². The third-order valence-electron chi connectivity index (χ3n) is 5.77. The van der Waals surface area contributed by atoms with Crippen molar-refractivity contribution in [2.24, 2.45) is 0 Å². The van der Waals surface area contributed by atoms with Crippen molar-refractivity contribution < 1.29 is 0 Å². The molecule has 0 N–H and O–H groups in total. The molecule has 3 rings (SSSR count). The zero-order valence-corrected chi connectivity index (χ0v) is 18.7. The van der Waals surface area contributed by atoms with Gasteiger partial charge in [-0.1, -0.05) is 61.5 Å². The second kappa shape index (κ2) is 13.4. The minimum atomic E-state index is 0.385. The fourth-order valence-electron chi connectivity index (χ4n) is 4.05. The van der Waals surface area contributed by atoms with Crippen molar-refractivity contribution in [1.29, 1.82) is 5.26 Å². The van der Waals surface area contributed by atoms with Crippen LogP contribution in [0, 0.1) is 11.3 Å². The van der Waals surface area contributed by atoms with Gasteiger partial charge in [0, 0.05) is 18.8 Å². The molecule has 3 heteroatoms. The van der Waals surface area contributed by atoms with Gasteiger partial charge in [0.25, 0.3) is 0 Å². The van der Waals surface area contributed by atoms with E-state index in [1.165, 1.54) is 55.8 Å². The van der Waals surface area contributed by atoms with Crippen molar-refractivity contribution in [3.05, 3.63) is 71.3 Å². The number of aryl methyl sites for hydroxylation is 1. The Morgan fingerprint density at radius 2 is 1.62 bits per heavy atom. The molecule has 0 spiro atoms. The fourth-order valence-corrected chi connectivity index (χ4v) is 4.39. The molecule has 2 unspecified atom stereocenters. The first-order chi connectivity index (χ1) is 14.2. The van der Waals surface area contributed by atoms with Crippen LogP contribution in [-0.4, -0.2) is 29.9 Å². The van der Waals surface area contributed by atoms with Crippen molar-refractivity contribution in [3.8, 4) is 6.07 Å².